The third-order valence-electron chi connectivity index (χ3n) is 1.84. The number of ether oxygens (including phenoxy) is 2. The summed E-state index contributed by atoms with van der Waals surface area (Å²) in [6, 6.07) is 7.35. The fourth-order valence-electron chi connectivity index (χ4n) is 1.12. The van der Waals surface area contributed by atoms with Crippen molar-refractivity contribution in [1.29, 1.82) is 0 Å². The molecule has 4 heteroatoms. The van der Waals surface area contributed by atoms with Crippen LogP contribution in [0.3, 0.4) is 0 Å². The van der Waals surface area contributed by atoms with Crippen molar-refractivity contribution in [3.63, 3.8) is 0 Å². The molecule has 0 spiro atoms. The Morgan fingerprint density at radius 3 is 2.80 bits per heavy atom. The maximum atomic E-state index is 9.46. The zero-order valence-electron chi connectivity index (χ0n) is 8.97. The van der Waals surface area contributed by atoms with Gasteiger partial charge in [-0.25, -0.2) is 0 Å². The van der Waals surface area contributed by atoms with E-state index in [2.05, 4.69) is 0 Å². The highest BCUT2D eigenvalue weighted by molar-refractivity contribution is 7.98. The van der Waals surface area contributed by atoms with Gasteiger partial charge < -0.3 is 14.6 Å². The number of hydrogen-bond donors (Lipinski definition) is 1. The zero-order valence-corrected chi connectivity index (χ0v) is 9.79. The van der Waals surface area contributed by atoms with Crippen molar-refractivity contribution < 1.29 is 14.6 Å². The molecule has 84 valence electrons. The second kappa shape index (κ2) is 6.58. The van der Waals surface area contributed by atoms with Crippen LogP contribution in [0.5, 0.6) is 11.5 Å². The second-order valence-electron chi connectivity index (χ2n) is 3.10. The number of hydrogen-bond acceptors (Lipinski definition) is 4. The smallest absolute Gasteiger partial charge is 0.123 e. The number of aliphatic hydroxyl groups is 1. The molecule has 1 aromatic rings. The fraction of sp³-hybridized carbons (Fsp3) is 0.455. The van der Waals surface area contributed by atoms with Gasteiger partial charge in [0.25, 0.3) is 0 Å². The maximum Gasteiger partial charge on any atom is 0.123 e. The monoisotopic (exact) mass is 228 g/mol. The lowest BCUT2D eigenvalue weighted by molar-refractivity contribution is 0.126. The largest absolute Gasteiger partial charge is 0.497 e. The van der Waals surface area contributed by atoms with Crippen molar-refractivity contribution in [2.75, 3.05) is 25.7 Å². The molecule has 0 heterocycles. The molecule has 1 unspecified atom stereocenters. The van der Waals surface area contributed by atoms with E-state index in [0.29, 0.717) is 12.4 Å². The summed E-state index contributed by atoms with van der Waals surface area (Å²) in [4.78, 5) is 0. The molecule has 1 atom stereocenters. The Morgan fingerprint density at radius 2 is 2.13 bits per heavy atom. The number of rotatable bonds is 6. The highest BCUT2D eigenvalue weighted by Gasteiger charge is 2.04. The van der Waals surface area contributed by atoms with Gasteiger partial charge in [-0.2, -0.15) is 11.8 Å². The maximum absolute atomic E-state index is 9.46. The van der Waals surface area contributed by atoms with E-state index < -0.39 is 6.10 Å². The van der Waals surface area contributed by atoms with Crippen molar-refractivity contribution in [3.05, 3.63) is 24.3 Å². The van der Waals surface area contributed by atoms with Gasteiger partial charge in [-0.1, -0.05) is 6.07 Å². The van der Waals surface area contributed by atoms with Crippen molar-refractivity contribution in [2.45, 2.75) is 6.10 Å². The molecule has 0 aromatic heterocycles. The van der Waals surface area contributed by atoms with E-state index in [0.717, 1.165) is 11.5 Å². The normalized spacial score (nSPS) is 12.2. The molecule has 0 amide bonds. The van der Waals surface area contributed by atoms with E-state index in [9.17, 15) is 5.11 Å². The van der Waals surface area contributed by atoms with Gasteiger partial charge in [0.05, 0.1) is 13.2 Å². The van der Waals surface area contributed by atoms with Crippen molar-refractivity contribution in [2.24, 2.45) is 0 Å². The standard InChI is InChI=1S/C11H16O3S/c1-13-10-4-3-5-11(6-10)14-7-9(12)8-15-2/h3-6,9,12H,7-8H2,1-2H3. The van der Waals surface area contributed by atoms with Crippen LogP contribution in [-0.2, 0) is 0 Å². The van der Waals surface area contributed by atoms with Crippen LogP contribution in [0.25, 0.3) is 0 Å². The highest BCUT2D eigenvalue weighted by Crippen LogP contribution is 2.18. The number of thioether (sulfide) groups is 1. The molecule has 0 bridgehead atoms. The molecule has 15 heavy (non-hydrogen) atoms. The first kappa shape index (κ1) is 12.2. The van der Waals surface area contributed by atoms with Gasteiger partial charge >= 0.3 is 0 Å². The Kier molecular flexibility index (Phi) is 5.36. The number of benzene rings is 1. The Bertz CT molecular complexity index is 291. The van der Waals surface area contributed by atoms with Crippen LogP contribution in [0.2, 0.25) is 0 Å². The first-order valence-corrected chi connectivity index (χ1v) is 6.09. The Hall–Kier alpha value is -0.870. The summed E-state index contributed by atoms with van der Waals surface area (Å²) in [6.07, 6.45) is 1.53. The fourth-order valence-corrected chi connectivity index (χ4v) is 1.60. The third kappa shape index (κ3) is 4.44. The quantitative estimate of drug-likeness (QED) is 0.805. The van der Waals surface area contributed by atoms with Crippen LogP contribution in [0.15, 0.2) is 24.3 Å². The third-order valence-corrected chi connectivity index (χ3v) is 2.56. The van der Waals surface area contributed by atoms with Crippen molar-refractivity contribution >= 4 is 11.8 Å². The van der Waals surface area contributed by atoms with Crippen LogP contribution < -0.4 is 9.47 Å². The number of aliphatic hydroxyl groups excluding tert-OH is 1. The molecule has 1 rings (SSSR count). The molecular weight excluding hydrogens is 212 g/mol. The molecule has 1 N–H and O–H groups in total. The van der Waals surface area contributed by atoms with Crippen LogP contribution in [0.4, 0.5) is 0 Å². The zero-order chi connectivity index (χ0) is 11.1. The van der Waals surface area contributed by atoms with Gasteiger partial charge in [-0.3, -0.25) is 0 Å². The molecule has 1 aromatic carbocycles. The van der Waals surface area contributed by atoms with E-state index in [1.54, 1.807) is 24.9 Å². The molecule has 0 aliphatic carbocycles. The lowest BCUT2D eigenvalue weighted by Gasteiger charge is -2.11. The number of methoxy groups -OCH3 is 1. The summed E-state index contributed by atoms with van der Waals surface area (Å²) in [5.41, 5.74) is 0. The van der Waals surface area contributed by atoms with E-state index in [1.165, 1.54) is 0 Å². The average molecular weight is 228 g/mol. The second-order valence-corrected chi connectivity index (χ2v) is 4.01. The van der Waals surface area contributed by atoms with Crippen molar-refractivity contribution in [1.82, 2.24) is 0 Å². The van der Waals surface area contributed by atoms with Gasteiger partial charge in [0.15, 0.2) is 0 Å². The Balaban J connectivity index is 2.43. The van der Waals surface area contributed by atoms with Crippen molar-refractivity contribution in [3.8, 4) is 11.5 Å². The van der Waals surface area contributed by atoms with Crippen LogP contribution >= 0.6 is 11.8 Å². The summed E-state index contributed by atoms with van der Waals surface area (Å²) in [7, 11) is 1.61. The summed E-state index contributed by atoms with van der Waals surface area (Å²) >= 11 is 1.60. The van der Waals surface area contributed by atoms with E-state index in [4.69, 9.17) is 9.47 Å². The van der Waals surface area contributed by atoms with E-state index in [1.807, 2.05) is 24.5 Å². The predicted molar refractivity (Wildman–Crippen MR) is 62.9 cm³/mol. The summed E-state index contributed by atoms with van der Waals surface area (Å²) in [6.45, 7) is 0.313. The molecule has 0 fully saturated rings. The average Bonchev–Trinajstić information content (AvgIpc) is 2.27. The SMILES string of the molecule is COc1cccc(OCC(O)CSC)c1. The summed E-state index contributed by atoms with van der Waals surface area (Å²) < 4.78 is 10.5. The predicted octanol–water partition coefficient (Wildman–Crippen LogP) is 1.80. The molecular formula is C11H16O3S. The first-order valence-electron chi connectivity index (χ1n) is 4.70. The Labute approximate surface area is 94.4 Å². The molecule has 0 radical (unpaired) electrons. The lowest BCUT2D eigenvalue weighted by Crippen LogP contribution is -2.19. The van der Waals surface area contributed by atoms with Gasteiger partial charge in [0.1, 0.15) is 18.1 Å². The minimum absolute atomic E-state index is 0.313. The minimum Gasteiger partial charge on any atom is -0.497 e. The van der Waals surface area contributed by atoms with Gasteiger partial charge in [0.2, 0.25) is 0 Å². The van der Waals surface area contributed by atoms with Gasteiger partial charge in [-0.15, -0.1) is 0 Å². The van der Waals surface area contributed by atoms with Gasteiger partial charge in [-0.05, 0) is 18.4 Å². The van der Waals surface area contributed by atoms with E-state index >= 15 is 0 Å². The molecule has 0 aliphatic heterocycles. The lowest BCUT2D eigenvalue weighted by atomic mass is 10.3. The highest BCUT2D eigenvalue weighted by atomic mass is 32.2. The van der Waals surface area contributed by atoms with Crippen LogP contribution in [0.1, 0.15) is 0 Å². The summed E-state index contributed by atoms with van der Waals surface area (Å²) in [5.74, 6) is 2.16. The molecule has 0 saturated carbocycles. The minimum atomic E-state index is -0.425. The first-order chi connectivity index (χ1) is 7.26. The summed E-state index contributed by atoms with van der Waals surface area (Å²) in [5, 5.41) is 9.46. The topological polar surface area (TPSA) is 38.7 Å². The molecule has 3 nitrogen and oxygen atoms in total. The Morgan fingerprint density at radius 1 is 1.40 bits per heavy atom. The van der Waals surface area contributed by atoms with E-state index in [-0.39, 0.29) is 0 Å². The molecule has 0 saturated heterocycles. The van der Waals surface area contributed by atoms with Crippen LogP contribution in [0, 0.1) is 0 Å². The van der Waals surface area contributed by atoms with Gasteiger partial charge in [0, 0.05) is 11.8 Å². The van der Waals surface area contributed by atoms with Crippen LogP contribution in [-0.4, -0.2) is 36.9 Å². The molecule has 0 aliphatic rings.